The average Bonchev–Trinajstić information content (AvgIpc) is 3.27. The summed E-state index contributed by atoms with van der Waals surface area (Å²) < 4.78 is 13.0. The molecule has 1 aliphatic rings. The number of allylic oxidation sites excluding steroid dienone is 2. The lowest BCUT2D eigenvalue weighted by Gasteiger charge is -2.20. The number of nitrogens with one attached hydrogen (secondary N) is 1. The number of aromatic amines is 1. The zero-order valence-corrected chi connectivity index (χ0v) is 20.4. The van der Waals surface area contributed by atoms with Gasteiger partial charge in [0, 0.05) is 35.4 Å². The molecule has 1 aliphatic carbocycles. The minimum absolute atomic E-state index is 0.00548. The van der Waals surface area contributed by atoms with E-state index in [1.165, 1.54) is 6.08 Å². The van der Waals surface area contributed by atoms with E-state index in [1.807, 2.05) is 30.5 Å². The van der Waals surface area contributed by atoms with E-state index in [9.17, 15) is 14.4 Å². The number of ether oxygens (including phenoxy) is 2. The van der Waals surface area contributed by atoms with Crippen molar-refractivity contribution in [2.45, 2.75) is 66.2 Å². The first-order valence-corrected chi connectivity index (χ1v) is 11.5. The molecule has 0 saturated heterocycles. The Hall–Kier alpha value is -3.61. The number of carbonyl (C=O) groups excluding carboxylic acids is 3. The quantitative estimate of drug-likeness (QED) is 0.511. The smallest absolute Gasteiger partial charge is 0.341 e. The highest BCUT2D eigenvalue weighted by Gasteiger charge is 2.38. The molecule has 2 aromatic heterocycles. The van der Waals surface area contributed by atoms with Crippen LogP contribution in [0.2, 0.25) is 0 Å². The van der Waals surface area contributed by atoms with Gasteiger partial charge in [0.05, 0.1) is 17.2 Å². The fraction of sp³-hybridized carbons (Fsp3) is 0.370. The number of ketones is 2. The maximum absolute atomic E-state index is 13.4. The van der Waals surface area contributed by atoms with Crippen LogP contribution in [0.25, 0.3) is 10.9 Å². The maximum Gasteiger partial charge on any atom is 0.341 e. The largest absolute Gasteiger partial charge is 0.487 e. The molecular weight excluding hydrogens is 432 g/mol. The normalized spacial score (nSPS) is 13.9. The van der Waals surface area contributed by atoms with Crippen LogP contribution in [-0.4, -0.2) is 38.8 Å². The van der Waals surface area contributed by atoms with Crippen molar-refractivity contribution in [3.63, 3.8) is 0 Å². The number of benzene rings is 1. The van der Waals surface area contributed by atoms with Gasteiger partial charge in [-0.15, -0.1) is 0 Å². The van der Waals surface area contributed by atoms with Crippen LogP contribution in [0, 0.1) is 6.92 Å². The molecular formula is C27H30N2O5. The van der Waals surface area contributed by atoms with Crippen LogP contribution in [0.4, 0.5) is 0 Å². The number of carbonyl (C=O) groups is 3. The first-order chi connectivity index (χ1) is 16.0. The Morgan fingerprint density at radius 1 is 1.15 bits per heavy atom. The SMILES string of the molecule is Cc1c(C(=O)OC(C)(C)C)c2c(n1CCc1c[nH]c3ccccc13)C(=O)C(OC(C)C)=CC2=O. The molecule has 0 bridgehead atoms. The van der Waals surface area contributed by atoms with E-state index in [1.54, 1.807) is 46.1 Å². The van der Waals surface area contributed by atoms with Gasteiger partial charge in [0.2, 0.25) is 5.78 Å². The average molecular weight is 463 g/mol. The molecule has 0 fully saturated rings. The van der Waals surface area contributed by atoms with Crippen molar-refractivity contribution in [1.82, 2.24) is 9.55 Å². The zero-order valence-electron chi connectivity index (χ0n) is 20.4. The molecule has 2 heterocycles. The summed E-state index contributed by atoms with van der Waals surface area (Å²) in [4.78, 5) is 43.0. The molecule has 0 amide bonds. The molecule has 178 valence electrons. The lowest BCUT2D eigenvalue weighted by atomic mass is 9.96. The van der Waals surface area contributed by atoms with E-state index in [-0.39, 0.29) is 28.7 Å². The molecule has 0 atom stereocenters. The van der Waals surface area contributed by atoms with E-state index < -0.39 is 23.1 Å². The number of H-pyrrole nitrogens is 1. The standard InChI is InChI=1S/C27H30N2O5/c1-15(2)33-21-13-20(30)23-22(26(32)34-27(4,5)6)16(3)29(24(23)25(21)31)12-11-17-14-28-19-10-8-7-9-18(17)19/h7-10,13-15,28H,11-12H2,1-6H3. The lowest BCUT2D eigenvalue weighted by Crippen LogP contribution is -2.26. The van der Waals surface area contributed by atoms with Gasteiger partial charge in [-0.25, -0.2) is 4.79 Å². The Balaban J connectivity index is 1.80. The van der Waals surface area contributed by atoms with Gasteiger partial charge in [-0.2, -0.15) is 0 Å². The van der Waals surface area contributed by atoms with E-state index in [0.717, 1.165) is 16.5 Å². The number of para-hydroxylation sites is 1. The molecule has 34 heavy (non-hydrogen) atoms. The van der Waals surface area contributed by atoms with Crippen LogP contribution < -0.4 is 0 Å². The van der Waals surface area contributed by atoms with Crippen molar-refractivity contribution >= 4 is 28.4 Å². The molecule has 0 radical (unpaired) electrons. The van der Waals surface area contributed by atoms with Crippen LogP contribution in [0.3, 0.4) is 0 Å². The molecule has 1 aromatic carbocycles. The third-order valence-corrected chi connectivity index (χ3v) is 5.72. The van der Waals surface area contributed by atoms with Gasteiger partial charge in [-0.3, -0.25) is 9.59 Å². The summed E-state index contributed by atoms with van der Waals surface area (Å²) in [5.41, 5.74) is 2.31. The Kier molecular flexibility index (Phi) is 5.98. The fourth-order valence-corrected chi connectivity index (χ4v) is 4.36. The molecule has 1 N–H and O–H groups in total. The number of Topliss-reactive ketones (excluding diaryl/α,β-unsaturated/α-hetero) is 1. The van der Waals surface area contributed by atoms with E-state index in [4.69, 9.17) is 9.47 Å². The molecule has 0 spiro atoms. The van der Waals surface area contributed by atoms with Crippen molar-refractivity contribution in [2.24, 2.45) is 0 Å². The Morgan fingerprint density at radius 3 is 2.53 bits per heavy atom. The second-order valence-electron chi connectivity index (χ2n) is 9.82. The molecule has 0 unspecified atom stereocenters. The molecule has 0 aliphatic heterocycles. The second-order valence-corrected chi connectivity index (χ2v) is 9.82. The minimum Gasteiger partial charge on any atom is -0.487 e. The van der Waals surface area contributed by atoms with Crippen LogP contribution >= 0.6 is 0 Å². The van der Waals surface area contributed by atoms with Gasteiger partial charge < -0.3 is 19.0 Å². The third-order valence-electron chi connectivity index (χ3n) is 5.72. The van der Waals surface area contributed by atoms with Crippen molar-refractivity contribution in [3.8, 4) is 0 Å². The number of hydrogen-bond donors (Lipinski definition) is 1. The summed E-state index contributed by atoms with van der Waals surface area (Å²) in [5, 5.41) is 1.10. The monoisotopic (exact) mass is 462 g/mol. The predicted octanol–water partition coefficient (Wildman–Crippen LogP) is 5.16. The lowest BCUT2D eigenvalue weighted by molar-refractivity contribution is 0.00670. The summed E-state index contributed by atoms with van der Waals surface area (Å²) in [6.07, 6.45) is 3.46. The summed E-state index contributed by atoms with van der Waals surface area (Å²) in [6.45, 7) is 11.0. The van der Waals surface area contributed by atoms with Gasteiger partial charge in [0.25, 0.3) is 0 Å². The highest BCUT2D eigenvalue weighted by molar-refractivity contribution is 6.26. The summed E-state index contributed by atoms with van der Waals surface area (Å²) in [6, 6.07) is 7.99. The molecule has 7 heteroatoms. The number of aryl methyl sites for hydroxylation is 1. The number of hydrogen-bond acceptors (Lipinski definition) is 5. The van der Waals surface area contributed by atoms with E-state index >= 15 is 0 Å². The summed E-state index contributed by atoms with van der Waals surface area (Å²) in [7, 11) is 0. The van der Waals surface area contributed by atoms with Crippen molar-refractivity contribution < 1.29 is 23.9 Å². The van der Waals surface area contributed by atoms with Gasteiger partial charge in [-0.05, 0) is 59.6 Å². The Morgan fingerprint density at radius 2 is 1.85 bits per heavy atom. The van der Waals surface area contributed by atoms with Crippen LogP contribution in [0.1, 0.15) is 77.1 Å². The number of rotatable bonds is 6. The van der Waals surface area contributed by atoms with Crippen molar-refractivity contribution in [1.29, 1.82) is 0 Å². The highest BCUT2D eigenvalue weighted by Crippen LogP contribution is 2.32. The number of aromatic nitrogens is 2. The predicted molar refractivity (Wildman–Crippen MR) is 129 cm³/mol. The second kappa shape index (κ2) is 8.63. The van der Waals surface area contributed by atoms with Crippen molar-refractivity contribution in [3.05, 3.63) is 70.4 Å². The number of fused-ring (bicyclic) bond motifs is 2. The number of nitrogens with zero attached hydrogens (tertiary/aromatic N) is 1. The molecule has 4 rings (SSSR count). The van der Waals surface area contributed by atoms with Gasteiger partial charge in [-0.1, -0.05) is 18.2 Å². The first kappa shape index (κ1) is 23.5. The Bertz CT molecular complexity index is 1330. The topological polar surface area (TPSA) is 90.4 Å². The fourth-order valence-electron chi connectivity index (χ4n) is 4.36. The van der Waals surface area contributed by atoms with E-state index in [2.05, 4.69) is 4.98 Å². The number of esters is 1. The minimum atomic E-state index is -0.744. The van der Waals surface area contributed by atoms with Crippen LogP contribution in [0.15, 0.2) is 42.3 Å². The van der Waals surface area contributed by atoms with Gasteiger partial charge >= 0.3 is 5.97 Å². The third kappa shape index (κ3) is 4.30. The Labute approximate surface area is 198 Å². The van der Waals surface area contributed by atoms with Gasteiger partial charge in [0.15, 0.2) is 11.5 Å². The molecule has 3 aromatic rings. The zero-order chi connectivity index (χ0) is 24.8. The summed E-state index contributed by atoms with van der Waals surface area (Å²) in [5.74, 6) is -1.45. The highest BCUT2D eigenvalue weighted by atomic mass is 16.6. The maximum atomic E-state index is 13.4. The molecule has 0 saturated carbocycles. The van der Waals surface area contributed by atoms with Crippen LogP contribution in [0.5, 0.6) is 0 Å². The van der Waals surface area contributed by atoms with Crippen molar-refractivity contribution in [2.75, 3.05) is 0 Å². The first-order valence-electron chi connectivity index (χ1n) is 11.5. The van der Waals surface area contributed by atoms with Gasteiger partial charge in [0.1, 0.15) is 11.3 Å². The summed E-state index contributed by atoms with van der Waals surface area (Å²) >= 11 is 0. The molecule has 7 nitrogen and oxygen atoms in total. The van der Waals surface area contributed by atoms with E-state index in [0.29, 0.717) is 18.7 Å². The van der Waals surface area contributed by atoms with Crippen LogP contribution in [-0.2, 0) is 22.4 Å².